The number of hydrogen-bond acceptors (Lipinski definition) is 3. The molecule has 0 spiro atoms. The third-order valence-electron chi connectivity index (χ3n) is 3.72. The van der Waals surface area contributed by atoms with Crippen molar-refractivity contribution in [1.29, 1.82) is 0 Å². The van der Waals surface area contributed by atoms with Gasteiger partial charge in [-0.25, -0.2) is 0 Å². The largest absolute Gasteiger partial charge is 0.449 e. The van der Waals surface area contributed by atoms with E-state index >= 15 is 0 Å². The summed E-state index contributed by atoms with van der Waals surface area (Å²) in [6, 6.07) is 16.2. The van der Waals surface area contributed by atoms with Crippen LogP contribution in [0.1, 0.15) is 0 Å². The van der Waals surface area contributed by atoms with Crippen LogP contribution >= 0.6 is 0 Å². The van der Waals surface area contributed by atoms with E-state index in [0.717, 1.165) is 11.4 Å². The minimum atomic E-state index is -1.96. The molecule has 0 bridgehead atoms. The van der Waals surface area contributed by atoms with Crippen molar-refractivity contribution in [2.45, 2.75) is 26.2 Å². The Morgan fingerprint density at radius 3 is 1.19 bits per heavy atom. The van der Waals surface area contributed by atoms with Crippen molar-refractivity contribution in [3.05, 3.63) is 48.5 Å². The predicted octanol–water partition coefficient (Wildman–Crippen LogP) is 2.39. The fourth-order valence-electron chi connectivity index (χ4n) is 2.52. The van der Waals surface area contributed by atoms with E-state index in [1.165, 1.54) is 10.4 Å². The zero-order valence-corrected chi connectivity index (χ0v) is 15.2. The Balaban J connectivity index is 2.25. The summed E-state index contributed by atoms with van der Waals surface area (Å²) in [5.74, 6) is 0. The van der Waals surface area contributed by atoms with E-state index in [0.29, 0.717) is 0 Å². The summed E-state index contributed by atoms with van der Waals surface area (Å²) in [4.78, 5) is 0. The Hall–Kier alpha value is -1.57. The Morgan fingerprint density at radius 1 is 0.619 bits per heavy atom. The number of nitrogens with two attached hydrogens (primary N) is 2. The second kappa shape index (κ2) is 5.67. The number of anilines is 2. The van der Waals surface area contributed by atoms with E-state index in [9.17, 15) is 0 Å². The van der Waals surface area contributed by atoms with Crippen LogP contribution in [0.15, 0.2) is 48.5 Å². The first-order valence-electron chi connectivity index (χ1n) is 7.13. The number of hydrogen-bond donors (Lipinski definition) is 2. The monoisotopic (exact) mass is 316 g/mol. The fraction of sp³-hybridized carbons (Fsp3) is 0.250. The number of nitrogen functional groups attached to an aromatic ring is 2. The van der Waals surface area contributed by atoms with E-state index in [1.54, 1.807) is 0 Å². The van der Waals surface area contributed by atoms with Crippen LogP contribution in [0, 0.1) is 0 Å². The lowest BCUT2D eigenvalue weighted by Crippen LogP contribution is -2.57. The molecule has 0 fully saturated rings. The minimum Gasteiger partial charge on any atom is -0.449 e. The summed E-state index contributed by atoms with van der Waals surface area (Å²) >= 11 is 0. The van der Waals surface area contributed by atoms with Gasteiger partial charge in [0.05, 0.1) is 0 Å². The van der Waals surface area contributed by atoms with Crippen molar-refractivity contribution >= 4 is 38.4 Å². The summed E-state index contributed by atoms with van der Waals surface area (Å²) < 4.78 is 6.67. The Kier molecular flexibility index (Phi) is 4.27. The van der Waals surface area contributed by atoms with Crippen LogP contribution in [0.5, 0.6) is 0 Å². The van der Waals surface area contributed by atoms with E-state index in [4.69, 9.17) is 15.6 Å². The van der Waals surface area contributed by atoms with Gasteiger partial charge in [0.2, 0.25) is 16.6 Å². The van der Waals surface area contributed by atoms with Gasteiger partial charge in [0.25, 0.3) is 0 Å². The SMILES string of the molecule is C[Si](C)(O[Si](C)(C)c1ccc(N)cc1)c1ccc(N)cc1. The molecule has 0 saturated heterocycles. The van der Waals surface area contributed by atoms with E-state index in [1.807, 2.05) is 24.3 Å². The first-order valence-corrected chi connectivity index (χ1v) is 12.9. The van der Waals surface area contributed by atoms with Gasteiger partial charge in [-0.2, -0.15) is 0 Å². The average Bonchev–Trinajstić information content (AvgIpc) is 2.38. The zero-order valence-electron chi connectivity index (χ0n) is 13.2. The van der Waals surface area contributed by atoms with Gasteiger partial charge >= 0.3 is 0 Å². The summed E-state index contributed by atoms with van der Waals surface area (Å²) in [5, 5.41) is 2.54. The van der Waals surface area contributed by atoms with E-state index < -0.39 is 16.6 Å². The summed E-state index contributed by atoms with van der Waals surface area (Å²) in [5.41, 5.74) is 13.1. The summed E-state index contributed by atoms with van der Waals surface area (Å²) in [6.07, 6.45) is 0. The molecule has 2 aromatic carbocycles. The van der Waals surface area contributed by atoms with Gasteiger partial charge in [-0.15, -0.1) is 0 Å². The number of rotatable bonds is 4. The maximum atomic E-state index is 6.67. The van der Waals surface area contributed by atoms with Gasteiger partial charge in [-0.3, -0.25) is 0 Å². The van der Waals surface area contributed by atoms with Gasteiger partial charge in [0.15, 0.2) is 0 Å². The normalized spacial score (nSPS) is 12.4. The highest BCUT2D eigenvalue weighted by atomic mass is 28.4. The second-order valence-electron chi connectivity index (χ2n) is 6.37. The topological polar surface area (TPSA) is 61.3 Å². The van der Waals surface area contributed by atoms with E-state index in [2.05, 4.69) is 50.5 Å². The van der Waals surface area contributed by atoms with Crippen molar-refractivity contribution in [1.82, 2.24) is 0 Å². The van der Waals surface area contributed by atoms with Gasteiger partial charge in [0, 0.05) is 11.4 Å². The quantitative estimate of drug-likeness (QED) is 0.672. The summed E-state index contributed by atoms with van der Waals surface area (Å²) in [7, 11) is -3.92. The van der Waals surface area contributed by atoms with Crippen molar-refractivity contribution < 1.29 is 4.12 Å². The van der Waals surface area contributed by atoms with Crippen LogP contribution in [0.2, 0.25) is 26.2 Å². The van der Waals surface area contributed by atoms with Crippen LogP contribution in [-0.4, -0.2) is 16.6 Å². The third-order valence-corrected chi connectivity index (χ3v) is 11.3. The van der Waals surface area contributed by atoms with Crippen LogP contribution < -0.4 is 21.8 Å². The predicted molar refractivity (Wildman–Crippen MR) is 97.0 cm³/mol. The number of benzene rings is 2. The minimum absolute atomic E-state index is 0.790. The van der Waals surface area contributed by atoms with Crippen molar-refractivity contribution in [2.75, 3.05) is 11.5 Å². The van der Waals surface area contributed by atoms with Crippen molar-refractivity contribution in [3.8, 4) is 0 Å². The molecule has 0 saturated carbocycles. The lowest BCUT2D eigenvalue weighted by atomic mass is 10.3. The highest BCUT2D eigenvalue weighted by Crippen LogP contribution is 2.16. The molecule has 0 aliphatic heterocycles. The highest BCUT2D eigenvalue weighted by molar-refractivity contribution is 6.96. The van der Waals surface area contributed by atoms with Gasteiger partial charge < -0.3 is 15.6 Å². The highest BCUT2D eigenvalue weighted by Gasteiger charge is 2.35. The molecular formula is C16H24N2OSi2. The van der Waals surface area contributed by atoms with Crippen LogP contribution in [-0.2, 0) is 4.12 Å². The molecule has 0 heterocycles. The fourth-order valence-corrected chi connectivity index (χ4v) is 10.5. The lowest BCUT2D eigenvalue weighted by Gasteiger charge is -2.34. The molecule has 3 nitrogen and oxygen atoms in total. The molecule has 0 unspecified atom stereocenters. The van der Waals surface area contributed by atoms with Crippen molar-refractivity contribution in [3.63, 3.8) is 0 Å². The van der Waals surface area contributed by atoms with Crippen LogP contribution in [0.25, 0.3) is 0 Å². The summed E-state index contributed by atoms with van der Waals surface area (Å²) in [6.45, 7) is 8.96. The second-order valence-corrected chi connectivity index (χ2v) is 14.4. The maximum Gasteiger partial charge on any atom is 0.206 e. The Labute approximate surface area is 129 Å². The molecule has 0 aromatic heterocycles. The molecular weight excluding hydrogens is 292 g/mol. The molecule has 0 atom stereocenters. The standard InChI is InChI=1S/C16H24N2OSi2/c1-20(2,15-9-5-13(17)6-10-15)19-21(3,4)16-11-7-14(18)8-12-16/h5-12H,17-18H2,1-4H3. The molecule has 2 rings (SSSR count). The van der Waals surface area contributed by atoms with Crippen LogP contribution in [0.4, 0.5) is 11.4 Å². The van der Waals surface area contributed by atoms with Crippen molar-refractivity contribution in [2.24, 2.45) is 0 Å². The molecule has 0 radical (unpaired) electrons. The maximum absolute atomic E-state index is 6.67. The molecule has 4 N–H and O–H groups in total. The molecule has 0 aliphatic rings. The smallest absolute Gasteiger partial charge is 0.206 e. The van der Waals surface area contributed by atoms with E-state index in [-0.39, 0.29) is 0 Å². The van der Waals surface area contributed by atoms with Crippen LogP contribution in [0.3, 0.4) is 0 Å². The lowest BCUT2D eigenvalue weighted by molar-refractivity contribution is 0.573. The first-order chi connectivity index (χ1) is 9.71. The molecule has 112 valence electrons. The first kappa shape index (κ1) is 15.8. The average molecular weight is 317 g/mol. The molecule has 2 aromatic rings. The van der Waals surface area contributed by atoms with Gasteiger partial charge in [0.1, 0.15) is 0 Å². The molecule has 0 aliphatic carbocycles. The Bertz CT molecular complexity index is 552. The van der Waals surface area contributed by atoms with Gasteiger partial charge in [-0.05, 0) is 60.8 Å². The zero-order chi connectivity index (χ0) is 15.7. The molecule has 0 amide bonds. The van der Waals surface area contributed by atoms with Gasteiger partial charge in [-0.1, -0.05) is 24.3 Å². The molecule has 5 heteroatoms. The molecule has 21 heavy (non-hydrogen) atoms. The Morgan fingerprint density at radius 2 is 0.905 bits per heavy atom. The third kappa shape index (κ3) is 3.75.